The Balaban J connectivity index is 4.03. The van der Waals surface area contributed by atoms with Gasteiger partial charge in [0.25, 0.3) is 0 Å². The Hall–Kier alpha value is -0.120. The van der Waals surface area contributed by atoms with Crippen LogP contribution in [0.4, 0.5) is 0 Å². The van der Waals surface area contributed by atoms with Gasteiger partial charge < -0.3 is 5.32 Å². The first-order chi connectivity index (χ1) is 10.2. The third-order valence-corrected chi connectivity index (χ3v) is 4.62. The molecule has 0 fully saturated rings. The van der Waals surface area contributed by atoms with Crippen molar-refractivity contribution in [2.45, 2.75) is 85.6 Å². The van der Waals surface area contributed by atoms with E-state index in [0.717, 1.165) is 25.6 Å². The molecule has 0 saturated heterocycles. The molecule has 0 aliphatic rings. The molecule has 128 valence electrons. The zero-order valence-corrected chi connectivity index (χ0v) is 15.3. The lowest BCUT2D eigenvalue weighted by Gasteiger charge is -2.25. The van der Waals surface area contributed by atoms with Crippen LogP contribution in [0.15, 0.2) is 0 Å². The van der Waals surface area contributed by atoms with E-state index in [-0.39, 0.29) is 0 Å². The first-order valence-electron chi connectivity index (χ1n) is 9.40. The van der Waals surface area contributed by atoms with Gasteiger partial charge in [0.05, 0.1) is 0 Å². The van der Waals surface area contributed by atoms with Crippen LogP contribution < -0.4 is 16.2 Å². The molecule has 3 atom stereocenters. The van der Waals surface area contributed by atoms with Crippen molar-refractivity contribution < 1.29 is 0 Å². The summed E-state index contributed by atoms with van der Waals surface area (Å²) in [7, 11) is 0. The molecule has 0 spiro atoms. The summed E-state index contributed by atoms with van der Waals surface area (Å²) in [6.07, 6.45) is 9.29. The minimum absolute atomic E-state index is 0.694. The molecule has 0 aromatic carbocycles. The molecule has 0 aliphatic carbocycles. The maximum Gasteiger partial charge on any atom is 0.0140 e. The predicted molar refractivity (Wildman–Crippen MR) is 95.5 cm³/mol. The molecule has 3 N–H and O–H groups in total. The lowest BCUT2D eigenvalue weighted by atomic mass is 9.91. The molecule has 3 nitrogen and oxygen atoms in total. The van der Waals surface area contributed by atoms with Crippen molar-refractivity contribution in [2.24, 2.45) is 11.8 Å². The van der Waals surface area contributed by atoms with E-state index < -0.39 is 0 Å². The number of nitrogens with one attached hydrogen (secondary N) is 3. The second kappa shape index (κ2) is 14.8. The summed E-state index contributed by atoms with van der Waals surface area (Å²) in [5.41, 5.74) is 6.52. The Morgan fingerprint density at radius 2 is 1.48 bits per heavy atom. The normalized spacial score (nSPS) is 15.9. The smallest absolute Gasteiger partial charge is 0.0140 e. The number of unbranched alkanes of at least 4 members (excludes halogenated alkanes) is 1. The Morgan fingerprint density at radius 3 is 2.00 bits per heavy atom. The molecule has 0 heterocycles. The zero-order chi connectivity index (χ0) is 15.9. The number of hydrogen-bond acceptors (Lipinski definition) is 3. The largest absolute Gasteiger partial charge is 0.314 e. The molecule has 21 heavy (non-hydrogen) atoms. The van der Waals surface area contributed by atoms with Gasteiger partial charge in [0.1, 0.15) is 0 Å². The quantitative estimate of drug-likeness (QED) is 0.315. The van der Waals surface area contributed by atoms with E-state index in [1.165, 1.54) is 44.9 Å². The number of hydrazine groups is 1. The van der Waals surface area contributed by atoms with E-state index in [9.17, 15) is 0 Å². The molecule has 0 bridgehead atoms. The van der Waals surface area contributed by atoms with Gasteiger partial charge in [-0.05, 0) is 31.2 Å². The van der Waals surface area contributed by atoms with E-state index in [1.54, 1.807) is 0 Å². The van der Waals surface area contributed by atoms with Crippen molar-refractivity contribution in [3.05, 3.63) is 0 Å². The molecule has 0 aliphatic heterocycles. The van der Waals surface area contributed by atoms with Crippen molar-refractivity contribution >= 4 is 0 Å². The standard InChI is InChI=1S/C18H41N3/c1-6-11-12-16(7-2)13-18(9-4)19-14-17(8-3)15-21-20-10-5/h16-21H,6-15H2,1-5H3. The van der Waals surface area contributed by atoms with Gasteiger partial charge in [-0.2, -0.15) is 0 Å². The van der Waals surface area contributed by atoms with E-state index in [1.807, 2.05) is 0 Å². The highest BCUT2D eigenvalue weighted by Gasteiger charge is 2.15. The van der Waals surface area contributed by atoms with Gasteiger partial charge in [-0.15, -0.1) is 0 Å². The van der Waals surface area contributed by atoms with Crippen LogP contribution in [0.1, 0.15) is 79.6 Å². The van der Waals surface area contributed by atoms with Gasteiger partial charge in [-0.3, -0.25) is 10.9 Å². The molecular weight excluding hydrogens is 258 g/mol. The number of rotatable bonds is 15. The van der Waals surface area contributed by atoms with Crippen molar-refractivity contribution in [2.75, 3.05) is 19.6 Å². The second-order valence-electron chi connectivity index (χ2n) is 6.35. The summed E-state index contributed by atoms with van der Waals surface area (Å²) < 4.78 is 0. The van der Waals surface area contributed by atoms with Crippen LogP contribution in [0, 0.1) is 11.8 Å². The first-order valence-corrected chi connectivity index (χ1v) is 9.40. The second-order valence-corrected chi connectivity index (χ2v) is 6.35. The summed E-state index contributed by atoms with van der Waals surface area (Å²) in [5, 5.41) is 3.82. The fraction of sp³-hybridized carbons (Fsp3) is 1.00. The highest BCUT2D eigenvalue weighted by Crippen LogP contribution is 2.20. The van der Waals surface area contributed by atoms with Crippen LogP contribution in [-0.2, 0) is 0 Å². The molecular formula is C18H41N3. The summed E-state index contributed by atoms with van der Waals surface area (Å²) in [6, 6.07) is 0.694. The fourth-order valence-corrected chi connectivity index (χ4v) is 2.81. The summed E-state index contributed by atoms with van der Waals surface area (Å²) >= 11 is 0. The van der Waals surface area contributed by atoms with Crippen LogP contribution >= 0.6 is 0 Å². The van der Waals surface area contributed by atoms with Crippen LogP contribution in [-0.4, -0.2) is 25.7 Å². The van der Waals surface area contributed by atoms with E-state index >= 15 is 0 Å². The molecule has 3 unspecified atom stereocenters. The van der Waals surface area contributed by atoms with Crippen LogP contribution in [0.2, 0.25) is 0 Å². The number of hydrogen-bond donors (Lipinski definition) is 3. The molecule has 0 aromatic heterocycles. The summed E-state index contributed by atoms with van der Waals surface area (Å²) in [6.45, 7) is 14.6. The monoisotopic (exact) mass is 299 g/mol. The molecule has 0 radical (unpaired) electrons. The first kappa shape index (κ1) is 20.9. The zero-order valence-electron chi connectivity index (χ0n) is 15.3. The summed E-state index contributed by atoms with van der Waals surface area (Å²) in [4.78, 5) is 0. The van der Waals surface area contributed by atoms with Crippen molar-refractivity contribution in [3.63, 3.8) is 0 Å². The molecule has 0 rings (SSSR count). The van der Waals surface area contributed by atoms with E-state index in [2.05, 4.69) is 50.8 Å². The highest BCUT2D eigenvalue weighted by atomic mass is 15.3. The molecule has 0 aromatic rings. The third kappa shape index (κ3) is 11.1. The average Bonchev–Trinajstić information content (AvgIpc) is 2.52. The van der Waals surface area contributed by atoms with Crippen LogP contribution in [0.5, 0.6) is 0 Å². The van der Waals surface area contributed by atoms with Gasteiger partial charge in [0.2, 0.25) is 0 Å². The fourth-order valence-electron chi connectivity index (χ4n) is 2.81. The van der Waals surface area contributed by atoms with Crippen molar-refractivity contribution in [1.82, 2.24) is 16.2 Å². The maximum absolute atomic E-state index is 3.82. The Labute approximate surface area is 134 Å². The Bertz CT molecular complexity index is 209. The minimum Gasteiger partial charge on any atom is -0.314 e. The van der Waals surface area contributed by atoms with Crippen molar-refractivity contribution in [1.29, 1.82) is 0 Å². The molecule has 0 amide bonds. The van der Waals surface area contributed by atoms with Crippen LogP contribution in [0.3, 0.4) is 0 Å². The van der Waals surface area contributed by atoms with E-state index in [4.69, 9.17) is 0 Å². The van der Waals surface area contributed by atoms with Crippen molar-refractivity contribution in [3.8, 4) is 0 Å². The predicted octanol–water partition coefficient (Wildman–Crippen LogP) is 4.10. The lowest BCUT2D eigenvalue weighted by molar-refractivity contribution is 0.317. The Morgan fingerprint density at radius 1 is 0.762 bits per heavy atom. The highest BCUT2D eigenvalue weighted by molar-refractivity contribution is 4.73. The summed E-state index contributed by atoms with van der Waals surface area (Å²) in [5.74, 6) is 1.62. The van der Waals surface area contributed by atoms with Gasteiger partial charge in [0, 0.05) is 19.1 Å². The Kier molecular flexibility index (Phi) is 14.7. The average molecular weight is 300 g/mol. The van der Waals surface area contributed by atoms with Gasteiger partial charge in [-0.25, -0.2) is 0 Å². The van der Waals surface area contributed by atoms with Gasteiger partial charge >= 0.3 is 0 Å². The third-order valence-electron chi connectivity index (χ3n) is 4.62. The van der Waals surface area contributed by atoms with E-state index in [0.29, 0.717) is 12.0 Å². The topological polar surface area (TPSA) is 36.1 Å². The van der Waals surface area contributed by atoms with Gasteiger partial charge in [-0.1, -0.05) is 66.7 Å². The lowest BCUT2D eigenvalue weighted by Crippen LogP contribution is -2.41. The maximum atomic E-state index is 3.82. The SMILES string of the molecule is CCCCC(CC)CC(CC)NCC(CC)CNNCC. The molecule has 0 saturated carbocycles. The molecule has 3 heteroatoms. The van der Waals surface area contributed by atoms with Gasteiger partial charge in [0.15, 0.2) is 0 Å². The van der Waals surface area contributed by atoms with Crippen LogP contribution in [0.25, 0.3) is 0 Å². The minimum atomic E-state index is 0.694.